The minimum atomic E-state index is -0.221. The molecule has 0 aliphatic rings. The van der Waals surface area contributed by atoms with Gasteiger partial charge in [0.25, 0.3) is 0 Å². The average Bonchev–Trinajstić information content (AvgIpc) is 2.23. The predicted molar refractivity (Wildman–Crippen MR) is 61.0 cm³/mol. The molecule has 78 valence electrons. The van der Waals surface area contributed by atoms with Gasteiger partial charge in [0, 0.05) is 17.4 Å². The first kappa shape index (κ1) is 10.2. The first-order valence-electron chi connectivity index (χ1n) is 4.81. The van der Waals surface area contributed by atoms with E-state index in [1.807, 2.05) is 6.92 Å². The summed E-state index contributed by atoms with van der Waals surface area (Å²) in [7, 11) is 0. The Labute approximate surface area is 92.2 Å². The van der Waals surface area contributed by atoms with Crippen LogP contribution in [-0.4, -0.2) is 9.97 Å². The van der Waals surface area contributed by atoms with Crippen LogP contribution in [0.2, 0.25) is 0 Å². The second kappa shape index (κ2) is 3.70. The van der Waals surface area contributed by atoms with Crippen LogP contribution in [-0.2, 0) is 6.42 Å². The number of hydrogen-bond donors (Lipinski definition) is 1. The summed E-state index contributed by atoms with van der Waals surface area (Å²) in [4.78, 5) is 7.34. The van der Waals surface area contributed by atoms with Gasteiger partial charge in [-0.25, -0.2) is 9.37 Å². The zero-order valence-electron chi connectivity index (χ0n) is 8.60. The fraction of sp³-hybridized carbons (Fsp3) is 0.273. The van der Waals surface area contributed by atoms with Crippen LogP contribution in [0.3, 0.4) is 0 Å². The van der Waals surface area contributed by atoms with Gasteiger partial charge in [-0.3, -0.25) is 0 Å². The molecule has 0 radical (unpaired) electrons. The Kier molecular flexibility index (Phi) is 2.52. The number of aromatic amines is 1. The van der Waals surface area contributed by atoms with Crippen molar-refractivity contribution in [1.82, 2.24) is 9.97 Å². The third kappa shape index (κ3) is 1.65. The van der Waals surface area contributed by atoms with E-state index in [4.69, 9.17) is 12.2 Å². The highest BCUT2D eigenvalue weighted by atomic mass is 32.1. The lowest BCUT2D eigenvalue weighted by Gasteiger charge is -2.05. The lowest BCUT2D eigenvalue weighted by atomic mass is 10.1. The monoisotopic (exact) mass is 222 g/mol. The fourth-order valence-electron chi connectivity index (χ4n) is 1.55. The third-order valence-corrected chi connectivity index (χ3v) is 2.78. The van der Waals surface area contributed by atoms with Crippen molar-refractivity contribution in [3.63, 3.8) is 0 Å². The van der Waals surface area contributed by atoms with Crippen molar-refractivity contribution >= 4 is 23.1 Å². The van der Waals surface area contributed by atoms with E-state index in [9.17, 15) is 4.39 Å². The van der Waals surface area contributed by atoms with Crippen LogP contribution in [0.1, 0.15) is 18.3 Å². The average molecular weight is 222 g/mol. The molecule has 1 heterocycles. The number of nitrogens with zero attached hydrogens (tertiary/aromatic N) is 1. The molecular formula is C11H11FN2S. The molecule has 1 aromatic heterocycles. The number of benzene rings is 1. The van der Waals surface area contributed by atoms with Crippen LogP contribution >= 0.6 is 12.2 Å². The van der Waals surface area contributed by atoms with E-state index in [-0.39, 0.29) is 5.82 Å². The topological polar surface area (TPSA) is 28.7 Å². The van der Waals surface area contributed by atoms with E-state index >= 15 is 0 Å². The molecule has 0 fully saturated rings. The molecule has 0 saturated heterocycles. The van der Waals surface area contributed by atoms with Crippen molar-refractivity contribution in [2.75, 3.05) is 0 Å². The summed E-state index contributed by atoms with van der Waals surface area (Å²) in [5, 5.41) is 0.807. The second-order valence-electron chi connectivity index (χ2n) is 3.44. The van der Waals surface area contributed by atoms with Gasteiger partial charge < -0.3 is 4.98 Å². The number of hydrogen-bond acceptors (Lipinski definition) is 2. The molecule has 0 aliphatic heterocycles. The molecular weight excluding hydrogens is 211 g/mol. The van der Waals surface area contributed by atoms with Crippen molar-refractivity contribution in [2.45, 2.75) is 20.3 Å². The number of nitrogens with one attached hydrogen (secondary N) is 1. The number of fused-ring (bicyclic) bond motifs is 1. The van der Waals surface area contributed by atoms with Gasteiger partial charge in [-0.1, -0.05) is 19.1 Å². The predicted octanol–water partition coefficient (Wildman–Crippen LogP) is 3.30. The van der Waals surface area contributed by atoms with E-state index < -0.39 is 0 Å². The van der Waals surface area contributed by atoms with E-state index in [1.54, 1.807) is 13.0 Å². The molecule has 4 heteroatoms. The van der Waals surface area contributed by atoms with Crippen molar-refractivity contribution in [3.05, 3.63) is 34.0 Å². The highest BCUT2D eigenvalue weighted by Gasteiger charge is 2.06. The smallest absolute Gasteiger partial charge is 0.137 e. The lowest BCUT2D eigenvalue weighted by molar-refractivity contribution is 0.620. The Morgan fingerprint density at radius 2 is 2.20 bits per heavy atom. The van der Waals surface area contributed by atoms with E-state index in [0.717, 1.165) is 23.1 Å². The molecule has 0 atom stereocenters. The van der Waals surface area contributed by atoms with Gasteiger partial charge in [-0.15, -0.1) is 0 Å². The molecule has 2 aromatic rings. The number of halogens is 1. The number of aryl methyl sites for hydroxylation is 2. The van der Waals surface area contributed by atoms with Crippen LogP contribution in [0.4, 0.5) is 4.39 Å². The maximum Gasteiger partial charge on any atom is 0.137 e. The summed E-state index contributed by atoms with van der Waals surface area (Å²) < 4.78 is 13.9. The minimum absolute atomic E-state index is 0.221. The van der Waals surface area contributed by atoms with Gasteiger partial charge >= 0.3 is 0 Å². The zero-order chi connectivity index (χ0) is 11.0. The largest absolute Gasteiger partial charge is 0.343 e. The molecule has 0 amide bonds. The van der Waals surface area contributed by atoms with Crippen molar-refractivity contribution in [1.29, 1.82) is 0 Å². The first-order chi connectivity index (χ1) is 7.13. The fourth-order valence-corrected chi connectivity index (χ4v) is 1.83. The maximum atomic E-state index is 13.3. The van der Waals surface area contributed by atoms with Gasteiger partial charge in [0.15, 0.2) is 0 Å². The van der Waals surface area contributed by atoms with E-state index in [1.165, 1.54) is 6.07 Å². The van der Waals surface area contributed by atoms with E-state index in [2.05, 4.69) is 9.97 Å². The summed E-state index contributed by atoms with van der Waals surface area (Å²) in [6.45, 7) is 3.72. The molecule has 15 heavy (non-hydrogen) atoms. The van der Waals surface area contributed by atoms with Crippen molar-refractivity contribution in [3.8, 4) is 0 Å². The van der Waals surface area contributed by atoms with Gasteiger partial charge in [0.05, 0.1) is 5.52 Å². The summed E-state index contributed by atoms with van der Waals surface area (Å²) in [6.07, 6.45) is 0.759. The molecule has 1 aromatic carbocycles. The summed E-state index contributed by atoms with van der Waals surface area (Å²) in [5.74, 6) is 0.572. The molecule has 0 saturated carbocycles. The van der Waals surface area contributed by atoms with Crippen molar-refractivity contribution in [2.24, 2.45) is 0 Å². The van der Waals surface area contributed by atoms with Crippen molar-refractivity contribution < 1.29 is 4.39 Å². The Hall–Kier alpha value is -1.29. The Bertz CT molecular complexity index is 575. The molecule has 1 N–H and O–H groups in total. The van der Waals surface area contributed by atoms with Gasteiger partial charge in [-0.05, 0) is 19.1 Å². The molecule has 2 rings (SSSR count). The SMILES string of the molecule is CCc1nc(=S)c2ccc(F)c(C)c2[nH]1. The molecule has 0 aliphatic carbocycles. The van der Waals surface area contributed by atoms with Crippen LogP contribution in [0, 0.1) is 17.4 Å². The second-order valence-corrected chi connectivity index (χ2v) is 3.82. The minimum Gasteiger partial charge on any atom is -0.343 e. The Morgan fingerprint density at radius 1 is 1.47 bits per heavy atom. The highest BCUT2D eigenvalue weighted by Crippen LogP contribution is 2.19. The van der Waals surface area contributed by atoms with E-state index in [0.29, 0.717) is 10.2 Å². The number of rotatable bonds is 1. The number of H-pyrrole nitrogens is 1. The standard InChI is InChI=1S/C11H11FN2S/c1-3-9-13-10-6(2)8(12)5-4-7(10)11(15)14-9/h4-5H,3H2,1-2H3,(H,13,14,15). The number of aromatic nitrogens is 2. The van der Waals surface area contributed by atoms with Gasteiger partial charge in [-0.2, -0.15) is 0 Å². The quantitative estimate of drug-likeness (QED) is 0.750. The summed E-state index contributed by atoms with van der Waals surface area (Å²) >= 11 is 5.16. The maximum absolute atomic E-state index is 13.3. The van der Waals surface area contributed by atoms with Crippen LogP contribution in [0.25, 0.3) is 10.9 Å². The molecule has 0 spiro atoms. The lowest BCUT2D eigenvalue weighted by Crippen LogP contribution is -1.97. The summed E-state index contributed by atoms with van der Waals surface area (Å²) in [5.41, 5.74) is 1.35. The third-order valence-electron chi connectivity index (χ3n) is 2.47. The highest BCUT2D eigenvalue weighted by molar-refractivity contribution is 7.71. The van der Waals surface area contributed by atoms with Crippen LogP contribution in [0.5, 0.6) is 0 Å². The van der Waals surface area contributed by atoms with Gasteiger partial charge in [0.2, 0.25) is 0 Å². The normalized spacial score (nSPS) is 10.9. The first-order valence-corrected chi connectivity index (χ1v) is 5.22. The summed E-state index contributed by atoms with van der Waals surface area (Å²) in [6, 6.07) is 3.09. The van der Waals surface area contributed by atoms with Crippen LogP contribution < -0.4 is 0 Å². The molecule has 2 nitrogen and oxygen atoms in total. The van der Waals surface area contributed by atoms with Gasteiger partial charge in [0.1, 0.15) is 16.3 Å². The van der Waals surface area contributed by atoms with Crippen LogP contribution in [0.15, 0.2) is 12.1 Å². The molecule has 0 unspecified atom stereocenters. The Balaban J connectivity index is 2.93. The zero-order valence-corrected chi connectivity index (χ0v) is 9.41. The molecule has 0 bridgehead atoms. The Morgan fingerprint density at radius 3 is 2.87 bits per heavy atom.